The Morgan fingerprint density at radius 3 is 1.26 bits per heavy atom. The van der Waals surface area contributed by atoms with E-state index >= 15 is 0 Å². The van der Waals surface area contributed by atoms with Crippen molar-refractivity contribution in [2.75, 3.05) is 0 Å². The largest absolute Gasteiger partial charge is 1.00 e. The summed E-state index contributed by atoms with van der Waals surface area (Å²) in [4.78, 5) is 55.8. The minimum atomic E-state index is -5.39. The predicted octanol–water partition coefficient (Wildman–Crippen LogP) is -21.7. The summed E-state index contributed by atoms with van der Waals surface area (Å²) in [7, 11) is -5.39. The average molecular weight is 400 g/mol. The number of phosphoric acid groups is 1. The third-order valence-electron chi connectivity index (χ3n) is 1.26. The van der Waals surface area contributed by atoms with Crippen molar-refractivity contribution in [2.45, 2.75) is 18.4 Å². The Morgan fingerprint density at radius 2 is 1.13 bits per heavy atom. The maximum Gasteiger partial charge on any atom is 1.00 e. The van der Waals surface area contributed by atoms with Gasteiger partial charge in [0.1, 0.15) is 5.60 Å². The molecule has 17 heteroatoms. The number of carboxylic acids is 3. The van der Waals surface area contributed by atoms with Gasteiger partial charge in [-0.25, -0.2) is 0 Å². The molecule has 0 radical (unpaired) electrons. The number of aliphatic carboxylic acids is 3. The number of hydrogen-bond acceptors (Lipinski definition) is 10. The van der Waals surface area contributed by atoms with Crippen LogP contribution in [-0.2, 0) is 18.9 Å². The van der Waals surface area contributed by atoms with E-state index in [0.29, 0.717) is 0 Å². The zero-order valence-electron chi connectivity index (χ0n) is 13.4. The number of carbonyl (C=O) groups is 3. The van der Waals surface area contributed by atoms with E-state index in [1.165, 1.54) is 0 Å². The van der Waals surface area contributed by atoms with Crippen molar-refractivity contribution in [3.05, 3.63) is 0 Å². The molecule has 2 N–H and O–H groups in total. The van der Waals surface area contributed by atoms with E-state index in [1.807, 2.05) is 0 Å². The van der Waals surface area contributed by atoms with Gasteiger partial charge in [-0.3, -0.25) is 4.79 Å². The van der Waals surface area contributed by atoms with E-state index in [1.54, 1.807) is 0 Å². The average Bonchev–Trinajstić information content (AvgIpc) is 1.95. The summed E-state index contributed by atoms with van der Waals surface area (Å²) < 4.78 is 8.55. The van der Waals surface area contributed by atoms with E-state index in [9.17, 15) is 24.6 Å². The Morgan fingerprint density at radius 1 is 0.870 bits per heavy atom. The molecule has 0 aromatic heterocycles. The number of aliphatic hydroxyl groups is 1. The molecule has 0 aliphatic rings. The molecule has 0 heterocycles. The van der Waals surface area contributed by atoms with E-state index in [0.717, 1.165) is 0 Å². The molecule has 11 nitrogen and oxygen atoms in total. The van der Waals surface area contributed by atoms with Gasteiger partial charge in [-0.15, -0.1) is 0 Å². The molecular weight excluding hydrogens is 394 g/mol. The second-order valence-electron chi connectivity index (χ2n) is 2.89. The minimum absolute atomic E-state index is 0. The van der Waals surface area contributed by atoms with Crippen molar-refractivity contribution in [2.24, 2.45) is 0 Å². The van der Waals surface area contributed by atoms with Crippen LogP contribution in [0.1, 0.15) is 12.8 Å². The molecule has 0 saturated carbocycles. The van der Waals surface area contributed by atoms with E-state index in [4.69, 9.17) is 29.5 Å². The van der Waals surface area contributed by atoms with Gasteiger partial charge in [0, 0.05) is 12.4 Å². The van der Waals surface area contributed by atoms with E-state index in [-0.39, 0.29) is 148 Å². The normalized spacial score (nSPS) is 10.8. The van der Waals surface area contributed by atoms with Crippen LogP contribution in [0.4, 0.5) is 0 Å². The predicted molar refractivity (Wildman–Crippen MR) is 39.4 cm³/mol. The van der Waals surface area contributed by atoms with Crippen LogP contribution in [0.2, 0.25) is 0 Å². The number of rotatable bonds is 5. The molecule has 0 amide bonds. The first-order valence-electron chi connectivity index (χ1n) is 3.86. The Balaban J connectivity index is -0.0000000455. The van der Waals surface area contributed by atoms with Crippen LogP contribution in [0.25, 0.3) is 0 Å². The summed E-state index contributed by atoms with van der Waals surface area (Å²) in [6.45, 7) is 0. The first kappa shape index (κ1) is 45.3. The summed E-state index contributed by atoms with van der Waals surface area (Å²) in [5.74, 6) is -5.67. The van der Waals surface area contributed by atoms with Crippen LogP contribution in [0, 0.1) is 0 Å². The fourth-order valence-corrected chi connectivity index (χ4v) is 0.696. The van der Waals surface area contributed by atoms with Crippen LogP contribution < -0.4 is 173 Å². The Hall–Kier alpha value is 3.48. The molecule has 0 aromatic carbocycles. The molecule has 1 atom stereocenters. The standard InChI is InChI=1S/C6H8O7.5Na.H3O4P/c7-3(8)1-6(13,5(11)12)2-4(9)10;;;;;;1-5(2,3)4/h13H,1-2H2,(H,7,8)(H,9,10)(H,11,12);;;;;;(H3,1,2,3,4)/q;5*+1;/p-5. The zero-order valence-corrected chi connectivity index (χ0v) is 24.3. The summed E-state index contributed by atoms with van der Waals surface area (Å²) >= 11 is 0. The Kier molecular flexibility index (Phi) is 42.9. The molecule has 0 rings (SSSR count). The van der Waals surface area contributed by atoms with Crippen LogP contribution >= 0.6 is 7.82 Å². The van der Waals surface area contributed by atoms with Gasteiger partial charge in [0.2, 0.25) is 0 Å². The first-order chi connectivity index (χ1) is 7.78. The summed E-state index contributed by atoms with van der Waals surface area (Å²) in [5.41, 5.74) is -2.91. The molecule has 0 saturated heterocycles. The van der Waals surface area contributed by atoms with E-state index < -0.39 is 44.2 Å². The topological polar surface area (TPSA) is 224 Å². The number of hydrogen-bond donors (Lipinski definition) is 2. The zero-order chi connectivity index (χ0) is 15.1. The Bertz CT molecular complexity index is 361. The molecule has 1 unspecified atom stereocenters. The molecule has 0 bridgehead atoms. The molecule has 106 valence electrons. The van der Waals surface area contributed by atoms with Gasteiger partial charge < -0.3 is 49.3 Å². The fourth-order valence-electron chi connectivity index (χ4n) is 0.696. The third kappa shape index (κ3) is 37.0. The molecule has 23 heavy (non-hydrogen) atoms. The summed E-state index contributed by atoms with van der Waals surface area (Å²) in [5, 5.41) is 37.2. The second-order valence-corrected chi connectivity index (χ2v) is 3.78. The van der Waals surface area contributed by atoms with Crippen LogP contribution in [0.15, 0.2) is 0 Å². The van der Waals surface area contributed by atoms with Gasteiger partial charge in [0.25, 0.3) is 0 Å². The van der Waals surface area contributed by atoms with Crippen molar-refractivity contribution in [1.82, 2.24) is 0 Å². The Labute approximate surface area is 241 Å². The molecule has 0 spiro atoms. The quantitative estimate of drug-likeness (QED) is 0.325. The number of carboxylic acid groups (broad SMARTS) is 3. The van der Waals surface area contributed by atoms with Gasteiger partial charge in [-0.1, -0.05) is 0 Å². The van der Waals surface area contributed by atoms with Gasteiger partial charge in [-0.2, -0.15) is 7.82 Å². The fraction of sp³-hybridized carbons (Fsp3) is 0.500. The number of carbonyl (C=O) groups excluding carboxylic acids is 2. The molecule has 0 aliphatic carbocycles. The maximum absolute atomic E-state index is 10.2. The van der Waals surface area contributed by atoms with E-state index in [2.05, 4.69) is 0 Å². The van der Waals surface area contributed by atoms with Crippen LogP contribution in [0.5, 0.6) is 0 Å². The molecule has 0 aromatic rings. The molecular formula is C6H6Na5O11P. The van der Waals surface area contributed by atoms with Gasteiger partial charge in [-0.05, 0) is 0 Å². The maximum atomic E-state index is 10.2. The first-order valence-corrected chi connectivity index (χ1v) is 5.32. The summed E-state index contributed by atoms with van der Waals surface area (Å²) in [6, 6.07) is 0. The van der Waals surface area contributed by atoms with Crippen LogP contribution in [0.3, 0.4) is 0 Å². The van der Waals surface area contributed by atoms with Crippen LogP contribution in [-0.4, -0.2) is 33.7 Å². The SMILES string of the molecule is O=C([O-])CC(O)(CC(=O)O)C(=O)[O-].O=P([O-])([O-])[O-].[Na+].[Na+].[Na+].[Na+].[Na+]. The molecule has 0 fully saturated rings. The second kappa shape index (κ2) is 21.8. The molecule has 0 aliphatic heterocycles. The van der Waals surface area contributed by atoms with Gasteiger partial charge in [0.15, 0.2) is 0 Å². The van der Waals surface area contributed by atoms with Crippen molar-refractivity contribution in [3.8, 4) is 0 Å². The summed E-state index contributed by atoms with van der Waals surface area (Å²) in [6.07, 6.45) is -2.56. The minimum Gasteiger partial charge on any atom is -0.822 e. The van der Waals surface area contributed by atoms with Crippen molar-refractivity contribution in [3.63, 3.8) is 0 Å². The third-order valence-corrected chi connectivity index (χ3v) is 1.26. The van der Waals surface area contributed by atoms with Crippen molar-refractivity contribution in [1.29, 1.82) is 0 Å². The van der Waals surface area contributed by atoms with Gasteiger partial charge in [0.05, 0.1) is 12.4 Å². The van der Waals surface area contributed by atoms with Gasteiger partial charge >= 0.3 is 154 Å². The van der Waals surface area contributed by atoms with Crippen molar-refractivity contribution >= 4 is 25.7 Å². The van der Waals surface area contributed by atoms with Crippen molar-refractivity contribution < 1.29 is 202 Å². The smallest absolute Gasteiger partial charge is 0.822 e. The monoisotopic (exact) mass is 400 g/mol.